The molecule has 2 aromatic carbocycles. The van der Waals surface area contributed by atoms with Gasteiger partial charge in [-0.3, -0.25) is 0 Å². The van der Waals surface area contributed by atoms with Gasteiger partial charge in [-0.05, 0) is 24.1 Å². The summed E-state index contributed by atoms with van der Waals surface area (Å²) in [5, 5.41) is 3.01. The minimum atomic E-state index is -1.78. The number of nitrogen functional groups attached to an aromatic ring is 1. The first-order chi connectivity index (χ1) is 13.3. The maximum Gasteiger partial charge on any atom is 0.222 e. The Morgan fingerprint density at radius 1 is 1.04 bits per heavy atom. The predicted octanol–water partition coefficient (Wildman–Crippen LogP) is 3.88. The summed E-state index contributed by atoms with van der Waals surface area (Å²) in [5.41, 5.74) is 6.38. The van der Waals surface area contributed by atoms with Crippen LogP contribution < -0.4 is 11.1 Å². The molecule has 3 aromatic rings. The highest BCUT2D eigenvalue weighted by molar-refractivity contribution is 7.73. The molecule has 28 heavy (non-hydrogen) atoms. The van der Waals surface area contributed by atoms with Crippen LogP contribution in [0.25, 0.3) is 11.3 Å². The van der Waals surface area contributed by atoms with Crippen molar-refractivity contribution in [2.45, 2.75) is 11.3 Å². The molecule has 0 fully saturated rings. The number of halogens is 3. The molecule has 3 rings (SSSR count). The molecule has 0 bridgehead atoms. The Bertz CT molecular complexity index is 1080. The molecule has 0 atom stereocenters. The van der Waals surface area contributed by atoms with Crippen molar-refractivity contribution < 1.29 is 17.4 Å². The fourth-order valence-corrected chi connectivity index (χ4v) is 2.92. The molecule has 10 heteroatoms. The van der Waals surface area contributed by atoms with Crippen LogP contribution in [-0.2, 0) is 21.2 Å². The fraction of sp³-hybridized carbons (Fsp3) is 0.111. The van der Waals surface area contributed by atoms with E-state index in [0.29, 0.717) is 23.7 Å². The molecular weight excluding hydrogens is 391 g/mol. The first-order valence-electron chi connectivity index (χ1n) is 8.09. The maximum absolute atomic E-state index is 14.0. The first kappa shape index (κ1) is 19.6. The Labute approximate surface area is 160 Å². The Morgan fingerprint density at radius 3 is 2.43 bits per heavy atom. The zero-order chi connectivity index (χ0) is 20.3. The predicted molar refractivity (Wildman–Crippen MR) is 99.4 cm³/mol. The second kappa shape index (κ2) is 8.26. The zero-order valence-corrected chi connectivity index (χ0v) is 15.2. The molecule has 1 heterocycles. The summed E-state index contributed by atoms with van der Waals surface area (Å²) in [4.78, 5) is 8.29. The summed E-state index contributed by atoms with van der Waals surface area (Å²) in [7, 11) is -1.78. The molecule has 146 valence electrons. The van der Waals surface area contributed by atoms with Crippen molar-refractivity contribution in [3.05, 3.63) is 65.5 Å². The van der Waals surface area contributed by atoms with Crippen LogP contribution in [-0.4, -0.2) is 16.5 Å². The molecule has 0 radical (unpaired) electrons. The van der Waals surface area contributed by atoms with E-state index in [1.165, 1.54) is 6.07 Å². The molecule has 0 aliphatic carbocycles. The standard InChI is InChI=1S/C18H15F3N5OS/c19-13-6-5-12(16(20)17(13)21)14-9-15(26-18(22)25-14)24-8-7-10-1-3-11(4-2-10)28(23)27/h1-6,9,23H,7-8H2,(H3,22,24,25,26)/q-1. The van der Waals surface area contributed by atoms with E-state index in [2.05, 4.69) is 15.3 Å². The molecule has 0 aliphatic rings. The van der Waals surface area contributed by atoms with Gasteiger partial charge in [0, 0.05) is 18.2 Å². The van der Waals surface area contributed by atoms with Gasteiger partial charge in [0.2, 0.25) is 5.95 Å². The van der Waals surface area contributed by atoms with Crippen molar-refractivity contribution in [3.63, 3.8) is 0 Å². The lowest BCUT2D eigenvalue weighted by Crippen LogP contribution is -2.09. The SMILES string of the molecule is N=[S-](=O)c1ccc(CCNc2cc(-c3ccc(F)c(F)c3F)nc(N)n2)cc1. The third kappa shape index (κ3) is 4.39. The van der Waals surface area contributed by atoms with Gasteiger partial charge in [0.15, 0.2) is 17.5 Å². The van der Waals surface area contributed by atoms with E-state index >= 15 is 0 Å². The molecule has 0 unspecified atom stereocenters. The minimum absolute atomic E-state index is 0.0219. The van der Waals surface area contributed by atoms with Gasteiger partial charge in [-0.2, -0.15) is 15.6 Å². The Balaban J connectivity index is 1.74. The van der Waals surface area contributed by atoms with Gasteiger partial charge in [-0.15, -0.1) is 4.90 Å². The van der Waals surface area contributed by atoms with E-state index in [-0.39, 0.29) is 17.2 Å². The number of anilines is 2. The van der Waals surface area contributed by atoms with E-state index < -0.39 is 28.0 Å². The van der Waals surface area contributed by atoms with Crippen molar-refractivity contribution in [1.82, 2.24) is 9.97 Å². The topological polar surface area (TPSA) is 105 Å². The monoisotopic (exact) mass is 406 g/mol. The van der Waals surface area contributed by atoms with Crippen molar-refractivity contribution in [2.24, 2.45) is 0 Å². The van der Waals surface area contributed by atoms with E-state index in [1.807, 2.05) is 0 Å². The average Bonchev–Trinajstić information content (AvgIpc) is 2.66. The molecular formula is C18H15F3N5OS-. The number of nitrogens with zero attached hydrogens (tertiary/aromatic N) is 2. The van der Waals surface area contributed by atoms with Crippen LogP contribution in [0, 0.1) is 22.2 Å². The lowest BCUT2D eigenvalue weighted by Gasteiger charge is -2.10. The van der Waals surface area contributed by atoms with E-state index in [9.17, 15) is 17.4 Å². The molecule has 1 aromatic heterocycles. The molecule has 0 amide bonds. The van der Waals surface area contributed by atoms with Gasteiger partial charge in [0.1, 0.15) is 5.82 Å². The van der Waals surface area contributed by atoms with Crippen LogP contribution in [0.1, 0.15) is 5.56 Å². The van der Waals surface area contributed by atoms with Gasteiger partial charge in [0.05, 0.1) is 5.69 Å². The largest absolute Gasteiger partial charge is 0.440 e. The Morgan fingerprint density at radius 2 is 1.75 bits per heavy atom. The summed E-state index contributed by atoms with van der Waals surface area (Å²) >= 11 is 0. The molecule has 0 aliphatic heterocycles. The number of hydrogen-bond donors (Lipinski definition) is 3. The highest BCUT2D eigenvalue weighted by Crippen LogP contribution is 2.26. The van der Waals surface area contributed by atoms with Crippen molar-refractivity contribution in [2.75, 3.05) is 17.6 Å². The molecule has 0 saturated heterocycles. The van der Waals surface area contributed by atoms with Crippen LogP contribution in [0.3, 0.4) is 0 Å². The van der Waals surface area contributed by atoms with Crippen LogP contribution >= 0.6 is 0 Å². The van der Waals surface area contributed by atoms with E-state index in [0.717, 1.165) is 17.7 Å². The first-order valence-corrected chi connectivity index (χ1v) is 9.24. The van der Waals surface area contributed by atoms with Gasteiger partial charge in [-0.1, -0.05) is 24.3 Å². The Kier molecular flexibility index (Phi) is 5.78. The lowest BCUT2D eigenvalue weighted by atomic mass is 10.1. The van der Waals surface area contributed by atoms with Crippen molar-refractivity contribution in [3.8, 4) is 11.3 Å². The third-order valence-corrected chi connectivity index (χ3v) is 4.61. The second-order valence-corrected chi connectivity index (χ2v) is 6.82. The normalized spacial score (nSPS) is 11.0. The van der Waals surface area contributed by atoms with E-state index in [4.69, 9.17) is 10.5 Å². The number of nitrogens with one attached hydrogen (secondary N) is 2. The summed E-state index contributed by atoms with van der Waals surface area (Å²) in [6, 6.07) is 10.0. The quantitative estimate of drug-likeness (QED) is 0.426. The lowest BCUT2D eigenvalue weighted by molar-refractivity contribution is 0.449. The molecule has 0 spiro atoms. The van der Waals surface area contributed by atoms with Gasteiger partial charge < -0.3 is 20.0 Å². The second-order valence-electron chi connectivity index (χ2n) is 5.81. The van der Waals surface area contributed by atoms with Gasteiger partial charge in [-0.25, -0.2) is 18.2 Å². The van der Waals surface area contributed by atoms with E-state index in [1.54, 1.807) is 24.3 Å². The number of rotatable bonds is 6. The van der Waals surface area contributed by atoms with Crippen LogP contribution in [0.5, 0.6) is 0 Å². The molecule has 0 saturated carbocycles. The molecule has 6 nitrogen and oxygen atoms in total. The Hall–Kier alpha value is -3.14. The van der Waals surface area contributed by atoms with Crippen molar-refractivity contribution in [1.29, 1.82) is 4.78 Å². The summed E-state index contributed by atoms with van der Waals surface area (Å²) in [6.07, 6.45) is 0.587. The van der Waals surface area contributed by atoms with Crippen LogP contribution in [0.15, 0.2) is 47.4 Å². The number of hydrogen-bond acceptors (Lipinski definition) is 7. The van der Waals surface area contributed by atoms with Crippen LogP contribution in [0.4, 0.5) is 24.9 Å². The maximum atomic E-state index is 14.0. The number of aromatic nitrogens is 2. The third-order valence-electron chi connectivity index (χ3n) is 3.91. The number of benzene rings is 2. The van der Waals surface area contributed by atoms with Gasteiger partial charge >= 0.3 is 0 Å². The highest BCUT2D eigenvalue weighted by Gasteiger charge is 2.16. The van der Waals surface area contributed by atoms with Crippen LogP contribution in [0.2, 0.25) is 0 Å². The summed E-state index contributed by atoms with van der Waals surface area (Å²) in [5.74, 6) is -4.07. The minimum Gasteiger partial charge on any atom is -0.440 e. The fourth-order valence-electron chi connectivity index (χ4n) is 2.53. The average molecular weight is 406 g/mol. The summed E-state index contributed by atoms with van der Waals surface area (Å²) in [6.45, 7) is 0.444. The molecule has 4 N–H and O–H groups in total. The smallest absolute Gasteiger partial charge is 0.222 e. The number of nitrogens with two attached hydrogens (primary N) is 1. The van der Waals surface area contributed by atoms with Crippen molar-refractivity contribution >= 4 is 22.4 Å². The zero-order valence-electron chi connectivity index (χ0n) is 14.4. The summed E-state index contributed by atoms with van der Waals surface area (Å²) < 4.78 is 58.8. The van der Waals surface area contributed by atoms with Gasteiger partial charge in [0.25, 0.3) is 0 Å². The highest BCUT2D eigenvalue weighted by atomic mass is 32.2.